The van der Waals surface area contributed by atoms with Crippen LogP contribution in [-0.4, -0.2) is 6.00 Å². The molecule has 4 heteroatoms. The zero-order valence-electron chi connectivity index (χ0n) is 5.91. The third-order valence-corrected chi connectivity index (χ3v) is 3.55. The maximum atomic E-state index is 5.65. The summed E-state index contributed by atoms with van der Waals surface area (Å²) in [6, 6.07) is -1.61. The topological polar surface area (TPSA) is 0 Å². The molecule has 0 radical (unpaired) electrons. The van der Waals surface area contributed by atoms with Crippen LogP contribution in [-0.2, 0) is 0 Å². The fourth-order valence-corrected chi connectivity index (χ4v) is 2.01. The zero-order chi connectivity index (χ0) is 8.04. The minimum atomic E-state index is -2.34. The summed E-state index contributed by atoms with van der Waals surface area (Å²) in [4.78, 5) is 0. The monoisotopic (exact) mass is 216 g/mol. The lowest BCUT2D eigenvalue weighted by atomic mass is 10.4. The molecule has 0 aromatic carbocycles. The first kappa shape index (κ1) is 10.8. The smallest absolute Gasteiger partial charge is 0.126 e. The molecule has 0 atom stereocenters. The maximum Gasteiger partial charge on any atom is 0.341 e. The van der Waals surface area contributed by atoms with E-state index in [1.54, 1.807) is 0 Å². The third-order valence-electron chi connectivity index (χ3n) is 0.997. The highest BCUT2D eigenvalue weighted by Crippen LogP contribution is 2.26. The van der Waals surface area contributed by atoms with E-state index in [4.69, 9.17) is 33.2 Å². The van der Waals surface area contributed by atoms with Gasteiger partial charge in [-0.15, -0.1) is 33.2 Å². The Bertz CT molecular complexity index is 106. The largest absolute Gasteiger partial charge is 0.341 e. The van der Waals surface area contributed by atoms with Crippen LogP contribution in [0.1, 0.15) is 19.8 Å². The van der Waals surface area contributed by atoms with E-state index in [2.05, 4.69) is 19.1 Å². The minimum Gasteiger partial charge on any atom is -0.126 e. The van der Waals surface area contributed by atoms with Crippen molar-refractivity contribution in [2.24, 2.45) is 0 Å². The molecule has 0 aromatic heterocycles. The molecule has 0 spiro atoms. The normalized spacial score (nSPS) is 12.8. The molecule has 10 heavy (non-hydrogen) atoms. The number of hydrogen-bond donors (Lipinski definition) is 0. The molecular weight excluding hydrogens is 207 g/mol. The van der Waals surface area contributed by atoms with E-state index in [0.29, 0.717) is 0 Å². The molecule has 0 saturated carbocycles. The number of allylic oxidation sites excluding steroid dienone is 2. The van der Waals surface area contributed by atoms with Gasteiger partial charge in [0, 0.05) is 0 Å². The number of hydrogen-bond acceptors (Lipinski definition) is 0. The molecule has 0 fully saturated rings. The first-order valence-corrected chi connectivity index (χ1v) is 8.52. The molecule has 60 valence electrons. The molecule has 0 aromatic rings. The highest BCUT2D eigenvalue weighted by atomic mass is 35.8. The first-order chi connectivity index (χ1) is 4.56. The van der Waals surface area contributed by atoms with Crippen LogP contribution in [0.4, 0.5) is 0 Å². The molecule has 0 nitrogen and oxygen atoms in total. The molecule has 0 bridgehead atoms. The van der Waals surface area contributed by atoms with Gasteiger partial charge in [0.2, 0.25) is 0 Å². The number of rotatable bonds is 4. The highest BCUT2D eigenvalue weighted by Gasteiger charge is 2.22. The van der Waals surface area contributed by atoms with Crippen LogP contribution in [0.15, 0.2) is 12.2 Å². The van der Waals surface area contributed by atoms with Crippen molar-refractivity contribution in [3.63, 3.8) is 0 Å². The fraction of sp³-hybridized carbons (Fsp3) is 0.667. The van der Waals surface area contributed by atoms with Crippen LogP contribution in [0, 0.1) is 0 Å². The van der Waals surface area contributed by atoms with Gasteiger partial charge in [-0.25, -0.2) is 0 Å². The molecule has 0 aliphatic rings. The van der Waals surface area contributed by atoms with Crippen molar-refractivity contribution in [3.05, 3.63) is 12.2 Å². The lowest BCUT2D eigenvalue weighted by Gasteiger charge is -2.02. The van der Waals surface area contributed by atoms with Crippen molar-refractivity contribution in [1.29, 1.82) is 0 Å². The van der Waals surface area contributed by atoms with Gasteiger partial charge in [0.25, 0.3) is 0 Å². The summed E-state index contributed by atoms with van der Waals surface area (Å²) in [6.45, 7) is 2.09. The second-order valence-electron chi connectivity index (χ2n) is 2.03. The molecular formula is C6H11Cl3Si. The van der Waals surface area contributed by atoms with Gasteiger partial charge < -0.3 is 0 Å². The summed E-state index contributed by atoms with van der Waals surface area (Å²) in [5.74, 6) is 0. The molecule has 0 aliphatic heterocycles. The predicted molar refractivity (Wildman–Crippen MR) is 52.2 cm³/mol. The lowest BCUT2D eigenvalue weighted by molar-refractivity contribution is 1.15. The van der Waals surface area contributed by atoms with Gasteiger partial charge in [-0.2, -0.15) is 0 Å². The molecule has 0 saturated heterocycles. The Labute approximate surface area is 77.3 Å². The zero-order valence-corrected chi connectivity index (χ0v) is 9.18. The third kappa shape index (κ3) is 8.83. The fourth-order valence-electron chi connectivity index (χ4n) is 0.532. The van der Waals surface area contributed by atoms with Gasteiger partial charge in [0.05, 0.1) is 0 Å². The van der Waals surface area contributed by atoms with Gasteiger partial charge >= 0.3 is 6.00 Å². The van der Waals surface area contributed by atoms with E-state index >= 15 is 0 Å². The Morgan fingerprint density at radius 1 is 1.20 bits per heavy atom. The van der Waals surface area contributed by atoms with Crippen molar-refractivity contribution in [2.75, 3.05) is 0 Å². The standard InChI is InChI=1S/C6H11Cl3Si/c1-2-3-4-5-6-10(7,8)9/h3-4H,2,5-6H2,1H3. The van der Waals surface area contributed by atoms with Gasteiger partial charge in [-0.1, -0.05) is 19.1 Å². The van der Waals surface area contributed by atoms with E-state index in [0.717, 1.165) is 18.9 Å². The average molecular weight is 218 g/mol. The van der Waals surface area contributed by atoms with Crippen LogP contribution < -0.4 is 0 Å². The summed E-state index contributed by atoms with van der Waals surface area (Å²) in [5, 5.41) is 0. The Morgan fingerprint density at radius 2 is 1.80 bits per heavy atom. The Hall–Kier alpha value is 0.827. The summed E-state index contributed by atoms with van der Waals surface area (Å²) in [5.41, 5.74) is 0. The van der Waals surface area contributed by atoms with Crippen molar-refractivity contribution in [3.8, 4) is 0 Å². The van der Waals surface area contributed by atoms with E-state index in [1.807, 2.05) is 0 Å². The molecule has 0 rings (SSSR count). The van der Waals surface area contributed by atoms with Gasteiger partial charge in [0.1, 0.15) is 0 Å². The van der Waals surface area contributed by atoms with Crippen LogP contribution in [0.3, 0.4) is 0 Å². The Morgan fingerprint density at radius 3 is 2.20 bits per heavy atom. The van der Waals surface area contributed by atoms with E-state index in [1.165, 1.54) is 0 Å². The van der Waals surface area contributed by atoms with Crippen LogP contribution in [0.25, 0.3) is 0 Å². The highest BCUT2D eigenvalue weighted by molar-refractivity contribution is 7.64. The van der Waals surface area contributed by atoms with Crippen LogP contribution in [0.2, 0.25) is 6.04 Å². The van der Waals surface area contributed by atoms with Gasteiger partial charge in [0.15, 0.2) is 0 Å². The second-order valence-corrected chi connectivity index (χ2v) is 11.3. The first-order valence-electron chi connectivity index (χ1n) is 3.28. The SMILES string of the molecule is CCC=CCC[Si](Cl)(Cl)Cl. The Kier molecular flexibility index (Phi) is 5.93. The minimum absolute atomic E-state index is 0.730. The quantitative estimate of drug-likeness (QED) is 0.379. The van der Waals surface area contributed by atoms with E-state index in [-0.39, 0.29) is 0 Å². The van der Waals surface area contributed by atoms with Crippen LogP contribution in [0.5, 0.6) is 0 Å². The Balaban J connectivity index is 3.28. The van der Waals surface area contributed by atoms with Crippen molar-refractivity contribution in [1.82, 2.24) is 0 Å². The van der Waals surface area contributed by atoms with Gasteiger partial charge in [-0.3, -0.25) is 0 Å². The van der Waals surface area contributed by atoms with Gasteiger partial charge in [-0.05, 0) is 18.9 Å². The second kappa shape index (κ2) is 5.47. The maximum absolute atomic E-state index is 5.65. The molecule has 0 heterocycles. The van der Waals surface area contributed by atoms with Crippen molar-refractivity contribution in [2.45, 2.75) is 25.8 Å². The summed E-state index contributed by atoms with van der Waals surface area (Å²) in [7, 11) is 0. The van der Waals surface area contributed by atoms with Crippen molar-refractivity contribution >= 4 is 39.2 Å². The van der Waals surface area contributed by atoms with E-state index in [9.17, 15) is 0 Å². The molecule has 0 amide bonds. The summed E-state index contributed by atoms with van der Waals surface area (Å²) in [6.07, 6.45) is 6.11. The average Bonchev–Trinajstić information content (AvgIpc) is 1.78. The van der Waals surface area contributed by atoms with Crippen LogP contribution >= 0.6 is 33.2 Å². The molecule has 0 aliphatic carbocycles. The lowest BCUT2D eigenvalue weighted by Crippen LogP contribution is -2.06. The number of halogens is 3. The summed E-state index contributed by atoms with van der Waals surface area (Å²) < 4.78 is 0. The predicted octanol–water partition coefficient (Wildman–Crippen LogP) is 4.00. The molecule has 0 unspecified atom stereocenters. The summed E-state index contributed by atoms with van der Waals surface area (Å²) >= 11 is 16.9. The van der Waals surface area contributed by atoms with Crippen molar-refractivity contribution < 1.29 is 0 Å². The van der Waals surface area contributed by atoms with E-state index < -0.39 is 6.00 Å². The molecule has 0 N–H and O–H groups in total.